The van der Waals surface area contributed by atoms with E-state index < -0.39 is 28.2 Å². The van der Waals surface area contributed by atoms with Crippen LogP contribution in [-0.4, -0.2) is 92.3 Å². The molecule has 3 amide bonds. The maximum absolute atomic E-state index is 14.2. The van der Waals surface area contributed by atoms with E-state index in [4.69, 9.17) is 9.47 Å². The lowest BCUT2D eigenvalue weighted by Gasteiger charge is -2.35. The highest BCUT2D eigenvalue weighted by Gasteiger charge is 2.32. The summed E-state index contributed by atoms with van der Waals surface area (Å²) < 4.78 is 40.7. The molecule has 0 unspecified atom stereocenters. The van der Waals surface area contributed by atoms with Gasteiger partial charge in [-0.15, -0.1) is 0 Å². The van der Waals surface area contributed by atoms with Crippen molar-refractivity contribution in [3.05, 3.63) is 53.6 Å². The van der Waals surface area contributed by atoms with E-state index in [2.05, 4.69) is 10.6 Å². The molecular formula is C33H50N4O7S. The van der Waals surface area contributed by atoms with Gasteiger partial charge >= 0.3 is 6.03 Å². The number of fused-ring (bicyclic) bond motifs is 1. The lowest BCUT2D eigenvalue weighted by molar-refractivity contribution is -0.00833. The van der Waals surface area contributed by atoms with E-state index in [1.165, 1.54) is 11.4 Å². The number of aliphatic hydroxyl groups is 1. The molecule has 0 spiro atoms. The smallest absolute Gasteiger partial charge is 0.319 e. The van der Waals surface area contributed by atoms with Crippen LogP contribution in [0.5, 0.6) is 5.75 Å². The molecule has 1 aliphatic rings. The molecule has 0 radical (unpaired) electrons. The van der Waals surface area contributed by atoms with Gasteiger partial charge in [-0.2, -0.15) is 4.31 Å². The van der Waals surface area contributed by atoms with Gasteiger partial charge in [0.05, 0.1) is 35.3 Å². The summed E-state index contributed by atoms with van der Waals surface area (Å²) in [6.07, 6.45) is 1.55. The molecule has 0 bridgehead atoms. The number of carbonyl (C=O) groups is 2. The molecule has 0 aliphatic carbocycles. The van der Waals surface area contributed by atoms with Crippen molar-refractivity contribution in [1.82, 2.24) is 14.5 Å². The molecule has 1 aliphatic heterocycles. The van der Waals surface area contributed by atoms with Crippen molar-refractivity contribution in [3.63, 3.8) is 0 Å². The van der Waals surface area contributed by atoms with Crippen molar-refractivity contribution in [2.75, 3.05) is 38.7 Å². The Morgan fingerprint density at radius 1 is 1.11 bits per heavy atom. The van der Waals surface area contributed by atoms with Gasteiger partial charge in [0.2, 0.25) is 10.0 Å². The molecule has 4 atom stereocenters. The van der Waals surface area contributed by atoms with Gasteiger partial charge in [0, 0.05) is 44.4 Å². The van der Waals surface area contributed by atoms with Gasteiger partial charge in [0.15, 0.2) is 0 Å². The van der Waals surface area contributed by atoms with Crippen LogP contribution < -0.4 is 15.4 Å². The summed E-state index contributed by atoms with van der Waals surface area (Å²) >= 11 is 0. The number of aryl methyl sites for hydroxylation is 1. The van der Waals surface area contributed by atoms with Gasteiger partial charge in [-0.25, -0.2) is 13.2 Å². The number of likely N-dealkylation sites (N-methyl/N-ethyl adjacent to an activating group) is 1. The zero-order chi connectivity index (χ0) is 33.3. The van der Waals surface area contributed by atoms with E-state index in [1.807, 2.05) is 34.6 Å². The van der Waals surface area contributed by atoms with Gasteiger partial charge in [-0.05, 0) is 84.2 Å². The summed E-state index contributed by atoms with van der Waals surface area (Å²) in [5.74, 6) is -0.295. The van der Waals surface area contributed by atoms with Crippen molar-refractivity contribution in [2.24, 2.45) is 5.92 Å². The highest BCUT2D eigenvalue weighted by molar-refractivity contribution is 7.89. The number of hydrogen-bond acceptors (Lipinski definition) is 7. The van der Waals surface area contributed by atoms with Crippen LogP contribution in [0.2, 0.25) is 0 Å². The molecule has 11 nitrogen and oxygen atoms in total. The number of nitrogens with one attached hydrogen (secondary N) is 2. The number of nitrogens with zero attached hydrogens (tertiary/aromatic N) is 2. The largest absolute Gasteiger partial charge is 0.490 e. The normalized spacial score (nSPS) is 21.1. The van der Waals surface area contributed by atoms with Gasteiger partial charge in [-0.3, -0.25) is 4.79 Å². The number of hydrogen-bond donors (Lipinski definition) is 3. The Balaban J connectivity index is 1.96. The monoisotopic (exact) mass is 646 g/mol. The summed E-state index contributed by atoms with van der Waals surface area (Å²) in [6, 6.07) is 10.7. The molecule has 0 saturated carbocycles. The number of ether oxygens (including phenoxy) is 2. The maximum atomic E-state index is 14.2. The number of anilines is 1. The molecule has 45 heavy (non-hydrogen) atoms. The predicted octanol–water partition coefficient (Wildman–Crippen LogP) is 4.64. The molecule has 3 N–H and O–H groups in total. The SMILES string of the molecule is Cc1ccc(S(=O)(=O)N(C)C[C@@H]2OCCCC[C@@H](C)Oc3ccc(NC(=O)NC(C)C)cc3C(=O)N([C@H](C)CO)C[C@@H]2C)cc1. The average Bonchev–Trinajstić information content (AvgIpc) is 2.98. The van der Waals surface area contributed by atoms with E-state index in [0.29, 0.717) is 24.5 Å². The topological polar surface area (TPSA) is 138 Å². The fraction of sp³-hybridized carbons (Fsp3) is 0.576. The number of benzene rings is 2. The zero-order valence-corrected chi connectivity index (χ0v) is 28.4. The van der Waals surface area contributed by atoms with Crippen LogP contribution >= 0.6 is 0 Å². The van der Waals surface area contributed by atoms with E-state index in [1.54, 1.807) is 54.3 Å². The molecule has 12 heteroatoms. The molecule has 2 aromatic rings. The van der Waals surface area contributed by atoms with Gasteiger partial charge in [0.25, 0.3) is 5.91 Å². The Kier molecular flexibility index (Phi) is 13.2. The number of aliphatic hydroxyl groups excluding tert-OH is 1. The van der Waals surface area contributed by atoms with Crippen LogP contribution in [0, 0.1) is 12.8 Å². The first-order valence-electron chi connectivity index (χ1n) is 15.7. The van der Waals surface area contributed by atoms with E-state index in [9.17, 15) is 23.1 Å². The predicted molar refractivity (Wildman–Crippen MR) is 175 cm³/mol. The lowest BCUT2D eigenvalue weighted by atomic mass is 10.0. The lowest BCUT2D eigenvalue weighted by Crippen LogP contribution is -2.48. The first-order valence-corrected chi connectivity index (χ1v) is 17.1. The Labute approximate surface area is 268 Å². The highest BCUT2D eigenvalue weighted by Crippen LogP contribution is 2.29. The number of urea groups is 1. The molecule has 0 fully saturated rings. The minimum atomic E-state index is -3.78. The summed E-state index contributed by atoms with van der Waals surface area (Å²) in [6.45, 7) is 11.6. The Morgan fingerprint density at radius 3 is 2.44 bits per heavy atom. The number of sulfonamides is 1. The summed E-state index contributed by atoms with van der Waals surface area (Å²) in [5.41, 5.74) is 1.64. The zero-order valence-electron chi connectivity index (χ0n) is 27.6. The standard InChI is InChI=1S/C33H50N4O7S/c1-22(2)34-33(40)35-27-13-16-30-29(18-27)32(39)37(25(5)21-38)19-24(4)31(43-17-9-8-10-26(6)44-30)20-36(7)45(41,42)28-14-11-23(3)12-15-28/h11-16,18,22,24-26,31,38H,8-10,17,19-21H2,1-7H3,(H2,34,35,40)/t24-,25+,26+,31-/m0/s1. The van der Waals surface area contributed by atoms with Crippen molar-refractivity contribution in [3.8, 4) is 5.75 Å². The number of carbonyl (C=O) groups excluding carboxylic acids is 2. The Bertz CT molecular complexity index is 1380. The molecular weight excluding hydrogens is 596 g/mol. The molecule has 250 valence electrons. The molecule has 1 heterocycles. The summed E-state index contributed by atoms with van der Waals surface area (Å²) in [4.78, 5) is 28.4. The third-order valence-electron chi connectivity index (χ3n) is 7.90. The second-order valence-corrected chi connectivity index (χ2v) is 14.4. The van der Waals surface area contributed by atoms with Crippen molar-refractivity contribution >= 4 is 27.6 Å². The minimum Gasteiger partial charge on any atom is -0.490 e. The Hall–Kier alpha value is -3.19. The molecule has 0 saturated heterocycles. The van der Waals surface area contributed by atoms with E-state index in [0.717, 1.165) is 18.4 Å². The third-order valence-corrected chi connectivity index (χ3v) is 9.73. The third kappa shape index (κ3) is 10.2. The van der Waals surface area contributed by atoms with Crippen LogP contribution in [-0.2, 0) is 14.8 Å². The van der Waals surface area contributed by atoms with E-state index >= 15 is 0 Å². The summed E-state index contributed by atoms with van der Waals surface area (Å²) in [7, 11) is -2.24. The van der Waals surface area contributed by atoms with E-state index in [-0.39, 0.29) is 54.1 Å². The van der Waals surface area contributed by atoms with Crippen molar-refractivity contribution in [2.45, 2.75) is 90.0 Å². The quantitative estimate of drug-likeness (QED) is 0.380. The van der Waals surface area contributed by atoms with Gasteiger partial charge in [0.1, 0.15) is 5.75 Å². The molecule has 3 rings (SSSR count). The average molecular weight is 647 g/mol. The summed E-state index contributed by atoms with van der Waals surface area (Å²) in [5, 5.41) is 15.7. The Morgan fingerprint density at radius 2 is 1.80 bits per heavy atom. The molecule has 2 aromatic carbocycles. The first kappa shape index (κ1) is 36.3. The van der Waals surface area contributed by atoms with Crippen LogP contribution in [0.3, 0.4) is 0 Å². The van der Waals surface area contributed by atoms with Crippen LogP contribution in [0.25, 0.3) is 0 Å². The maximum Gasteiger partial charge on any atom is 0.319 e. The fourth-order valence-corrected chi connectivity index (χ4v) is 6.32. The van der Waals surface area contributed by atoms with Gasteiger partial charge in [-0.1, -0.05) is 24.6 Å². The van der Waals surface area contributed by atoms with Crippen molar-refractivity contribution in [1.29, 1.82) is 0 Å². The van der Waals surface area contributed by atoms with Crippen LogP contribution in [0.1, 0.15) is 69.8 Å². The van der Waals surface area contributed by atoms with Gasteiger partial charge < -0.3 is 30.1 Å². The van der Waals surface area contributed by atoms with Crippen LogP contribution in [0.4, 0.5) is 10.5 Å². The number of amides is 3. The van der Waals surface area contributed by atoms with Crippen molar-refractivity contribution < 1.29 is 32.6 Å². The second-order valence-electron chi connectivity index (χ2n) is 12.4. The molecule has 0 aromatic heterocycles. The first-order chi connectivity index (χ1) is 21.2. The fourth-order valence-electron chi connectivity index (χ4n) is 5.13. The van der Waals surface area contributed by atoms with Crippen LogP contribution in [0.15, 0.2) is 47.4 Å². The highest BCUT2D eigenvalue weighted by atomic mass is 32.2. The second kappa shape index (κ2) is 16.4. The minimum absolute atomic E-state index is 0.0726. The number of rotatable bonds is 8.